The van der Waals surface area contributed by atoms with Gasteiger partial charge in [-0.3, -0.25) is 4.79 Å². The van der Waals surface area contributed by atoms with Gasteiger partial charge in [-0.05, 0) is 45.3 Å². The van der Waals surface area contributed by atoms with Crippen LogP contribution in [0.4, 0.5) is 0 Å². The molecule has 0 bridgehead atoms. The maximum atomic E-state index is 10.9. The molecule has 0 aromatic rings. The third-order valence-electron chi connectivity index (χ3n) is 3.08. The Bertz CT molecular complexity index is 260. The van der Waals surface area contributed by atoms with E-state index in [-0.39, 0.29) is 5.91 Å². The molecule has 92 valence electrons. The minimum absolute atomic E-state index is 0.277. The lowest BCUT2D eigenvalue weighted by atomic mass is 9.90. The molecule has 1 aliphatic heterocycles. The number of carbonyl (C=O) groups is 2. The Labute approximate surface area is 95.8 Å². The molecule has 0 aromatic carbocycles. The zero-order valence-electron chi connectivity index (χ0n) is 9.90. The van der Waals surface area contributed by atoms with Crippen LogP contribution in [-0.4, -0.2) is 48.1 Å². The summed E-state index contributed by atoms with van der Waals surface area (Å²) in [7, 11) is 2.07. The van der Waals surface area contributed by atoms with Crippen molar-refractivity contribution >= 4 is 11.9 Å². The Morgan fingerprint density at radius 3 is 2.44 bits per heavy atom. The van der Waals surface area contributed by atoms with Gasteiger partial charge in [-0.15, -0.1) is 0 Å². The van der Waals surface area contributed by atoms with Crippen LogP contribution in [0, 0.1) is 5.92 Å². The zero-order valence-corrected chi connectivity index (χ0v) is 9.90. The molecule has 5 heteroatoms. The molecule has 0 saturated carbocycles. The normalized spacial score (nSPS) is 20.4. The molecule has 16 heavy (non-hydrogen) atoms. The van der Waals surface area contributed by atoms with Crippen molar-refractivity contribution in [3.63, 3.8) is 0 Å². The Hall–Kier alpha value is -1.10. The molecule has 0 spiro atoms. The van der Waals surface area contributed by atoms with Gasteiger partial charge in [-0.25, -0.2) is 4.79 Å². The van der Waals surface area contributed by atoms with Gasteiger partial charge in [0, 0.05) is 6.92 Å². The quantitative estimate of drug-likeness (QED) is 0.726. The molecule has 5 nitrogen and oxygen atoms in total. The van der Waals surface area contributed by atoms with Crippen LogP contribution in [0.2, 0.25) is 0 Å². The molecule has 1 atom stereocenters. The number of piperidine rings is 1. The van der Waals surface area contributed by atoms with Crippen molar-refractivity contribution in [1.82, 2.24) is 10.2 Å². The van der Waals surface area contributed by atoms with E-state index in [0.29, 0.717) is 12.3 Å². The summed E-state index contributed by atoms with van der Waals surface area (Å²) in [5.74, 6) is -0.807. The van der Waals surface area contributed by atoms with E-state index in [1.165, 1.54) is 6.92 Å². The van der Waals surface area contributed by atoms with Crippen LogP contribution >= 0.6 is 0 Å². The van der Waals surface area contributed by atoms with Crippen LogP contribution in [0.3, 0.4) is 0 Å². The second-order valence-corrected chi connectivity index (χ2v) is 4.57. The lowest BCUT2D eigenvalue weighted by Gasteiger charge is -2.30. The molecule has 1 amide bonds. The molecule has 1 aliphatic rings. The third kappa shape index (κ3) is 4.18. The number of carboxylic acids is 1. The number of rotatable bonds is 4. The van der Waals surface area contributed by atoms with Crippen molar-refractivity contribution in [2.75, 3.05) is 20.1 Å². The first-order valence-corrected chi connectivity index (χ1v) is 5.67. The molecule has 0 radical (unpaired) electrons. The first kappa shape index (κ1) is 13.0. The van der Waals surface area contributed by atoms with E-state index in [2.05, 4.69) is 17.3 Å². The van der Waals surface area contributed by atoms with Crippen molar-refractivity contribution in [3.05, 3.63) is 0 Å². The molecule has 1 heterocycles. The monoisotopic (exact) mass is 228 g/mol. The summed E-state index contributed by atoms with van der Waals surface area (Å²) in [6.45, 7) is 3.37. The van der Waals surface area contributed by atoms with E-state index in [9.17, 15) is 9.59 Å². The predicted molar refractivity (Wildman–Crippen MR) is 60.1 cm³/mol. The van der Waals surface area contributed by atoms with Crippen molar-refractivity contribution in [3.8, 4) is 0 Å². The number of likely N-dealkylation sites (tertiary alicyclic amines) is 1. The molecular weight excluding hydrogens is 208 g/mol. The van der Waals surface area contributed by atoms with E-state index < -0.39 is 12.0 Å². The third-order valence-corrected chi connectivity index (χ3v) is 3.08. The zero-order chi connectivity index (χ0) is 12.1. The highest BCUT2D eigenvalue weighted by molar-refractivity contribution is 5.82. The highest BCUT2D eigenvalue weighted by Gasteiger charge is 2.25. The first-order valence-electron chi connectivity index (χ1n) is 5.67. The van der Waals surface area contributed by atoms with E-state index in [0.717, 1.165) is 25.9 Å². The summed E-state index contributed by atoms with van der Waals surface area (Å²) in [4.78, 5) is 24.1. The Morgan fingerprint density at radius 1 is 1.44 bits per heavy atom. The average Bonchev–Trinajstić information content (AvgIpc) is 2.19. The molecule has 1 saturated heterocycles. The minimum Gasteiger partial charge on any atom is -0.480 e. The lowest BCUT2D eigenvalue weighted by Crippen LogP contribution is -2.42. The Morgan fingerprint density at radius 2 is 2.00 bits per heavy atom. The number of amides is 1. The van der Waals surface area contributed by atoms with Crippen LogP contribution in [0.15, 0.2) is 0 Å². The standard InChI is InChI=1S/C11H20N2O3/c1-8(14)12-10(11(15)16)7-9-3-5-13(2)6-4-9/h9-10H,3-7H2,1-2H3,(H,12,14)(H,15,16). The number of carboxylic acid groups (broad SMARTS) is 1. The summed E-state index contributed by atoms with van der Waals surface area (Å²) in [5.41, 5.74) is 0. The molecule has 1 rings (SSSR count). The van der Waals surface area contributed by atoms with Gasteiger partial charge in [0.05, 0.1) is 0 Å². The van der Waals surface area contributed by atoms with Crippen LogP contribution in [0.1, 0.15) is 26.2 Å². The Kier molecular flexibility index (Phi) is 4.73. The van der Waals surface area contributed by atoms with Crippen LogP contribution in [0.5, 0.6) is 0 Å². The lowest BCUT2D eigenvalue weighted by molar-refractivity contribution is -0.142. The Balaban J connectivity index is 2.42. The van der Waals surface area contributed by atoms with Crippen LogP contribution in [0.25, 0.3) is 0 Å². The van der Waals surface area contributed by atoms with E-state index >= 15 is 0 Å². The molecular formula is C11H20N2O3. The second kappa shape index (κ2) is 5.84. The van der Waals surface area contributed by atoms with Gasteiger partial charge in [-0.2, -0.15) is 0 Å². The maximum Gasteiger partial charge on any atom is 0.326 e. The minimum atomic E-state index is -0.936. The van der Waals surface area contributed by atoms with Gasteiger partial charge < -0.3 is 15.3 Å². The van der Waals surface area contributed by atoms with Crippen LogP contribution in [-0.2, 0) is 9.59 Å². The van der Waals surface area contributed by atoms with E-state index in [1.807, 2.05) is 0 Å². The highest BCUT2D eigenvalue weighted by Crippen LogP contribution is 2.21. The van der Waals surface area contributed by atoms with Crippen molar-refractivity contribution < 1.29 is 14.7 Å². The van der Waals surface area contributed by atoms with Crippen molar-refractivity contribution in [2.45, 2.75) is 32.2 Å². The predicted octanol–water partition coefficient (Wildman–Crippen LogP) is 0.308. The summed E-state index contributed by atoms with van der Waals surface area (Å²) in [6, 6.07) is -0.731. The maximum absolute atomic E-state index is 10.9. The molecule has 0 aliphatic carbocycles. The summed E-state index contributed by atoms with van der Waals surface area (Å²) in [5, 5.41) is 11.5. The van der Waals surface area contributed by atoms with E-state index in [1.54, 1.807) is 0 Å². The van der Waals surface area contributed by atoms with Crippen LogP contribution < -0.4 is 5.32 Å². The fourth-order valence-electron chi connectivity index (χ4n) is 2.10. The number of carbonyl (C=O) groups excluding carboxylic acids is 1. The van der Waals surface area contributed by atoms with Gasteiger partial charge in [0.25, 0.3) is 0 Å². The van der Waals surface area contributed by atoms with Crippen molar-refractivity contribution in [1.29, 1.82) is 0 Å². The molecule has 0 aromatic heterocycles. The average molecular weight is 228 g/mol. The number of nitrogens with one attached hydrogen (secondary N) is 1. The molecule has 2 N–H and O–H groups in total. The number of nitrogens with zero attached hydrogens (tertiary/aromatic N) is 1. The number of hydrogen-bond acceptors (Lipinski definition) is 3. The van der Waals surface area contributed by atoms with Gasteiger partial charge in [0.2, 0.25) is 5.91 Å². The second-order valence-electron chi connectivity index (χ2n) is 4.57. The summed E-state index contributed by atoms with van der Waals surface area (Å²) in [6.07, 6.45) is 2.57. The molecule has 1 fully saturated rings. The topological polar surface area (TPSA) is 69.6 Å². The van der Waals surface area contributed by atoms with Crippen molar-refractivity contribution in [2.24, 2.45) is 5.92 Å². The largest absolute Gasteiger partial charge is 0.480 e. The smallest absolute Gasteiger partial charge is 0.326 e. The van der Waals surface area contributed by atoms with E-state index in [4.69, 9.17) is 5.11 Å². The molecule has 1 unspecified atom stereocenters. The fourth-order valence-corrected chi connectivity index (χ4v) is 2.10. The van der Waals surface area contributed by atoms with Gasteiger partial charge in [0.15, 0.2) is 0 Å². The van der Waals surface area contributed by atoms with Gasteiger partial charge >= 0.3 is 5.97 Å². The summed E-state index contributed by atoms with van der Waals surface area (Å²) < 4.78 is 0. The number of hydrogen-bond donors (Lipinski definition) is 2. The fraction of sp³-hybridized carbons (Fsp3) is 0.818. The van der Waals surface area contributed by atoms with Gasteiger partial charge in [0.1, 0.15) is 6.04 Å². The first-order chi connectivity index (χ1) is 7.49. The SMILES string of the molecule is CC(=O)NC(CC1CCN(C)CC1)C(=O)O. The van der Waals surface area contributed by atoms with Gasteiger partial charge in [-0.1, -0.05) is 0 Å². The number of aliphatic carboxylic acids is 1. The summed E-state index contributed by atoms with van der Waals surface area (Å²) >= 11 is 0. The highest BCUT2D eigenvalue weighted by atomic mass is 16.4.